The van der Waals surface area contributed by atoms with Gasteiger partial charge >= 0.3 is 6.09 Å². The van der Waals surface area contributed by atoms with Gasteiger partial charge in [0.15, 0.2) is 0 Å². The van der Waals surface area contributed by atoms with E-state index in [0.29, 0.717) is 17.4 Å². The topological polar surface area (TPSA) is 55.4 Å². The largest absolute Gasteiger partial charge is 0.444 e. The van der Waals surface area contributed by atoms with Crippen molar-refractivity contribution in [1.29, 1.82) is 0 Å². The highest BCUT2D eigenvalue weighted by atomic mass is 16.6. The summed E-state index contributed by atoms with van der Waals surface area (Å²) < 4.78 is 5.10. The molecule has 0 saturated heterocycles. The minimum atomic E-state index is -0.748. The van der Waals surface area contributed by atoms with Crippen LogP contribution in [0.4, 0.5) is 4.79 Å². The van der Waals surface area contributed by atoms with Crippen molar-refractivity contribution >= 4 is 12.4 Å². The smallest absolute Gasteiger partial charge is 0.408 e. The Morgan fingerprint density at radius 2 is 1.95 bits per heavy atom. The van der Waals surface area contributed by atoms with E-state index in [2.05, 4.69) is 11.2 Å². The van der Waals surface area contributed by atoms with Crippen molar-refractivity contribution in [2.24, 2.45) is 0 Å². The average molecular weight is 259 g/mol. The van der Waals surface area contributed by atoms with Gasteiger partial charge in [-0.05, 0) is 38.5 Å². The van der Waals surface area contributed by atoms with E-state index in [1.165, 1.54) is 0 Å². The molecule has 1 atom stereocenters. The normalized spacial score (nSPS) is 12.1. The Hall–Kier alpha value is -2.28. The lowest BCUT2D eigenvalue weighted by atomic mass is 10.1. The van der Waals surface area contributed by atoms with E-state index < -0.39 is 17.7 Å². The number of carbonyl (C=O) groups excluding carboxylic acids is 2. The van der Waals surface area contributed by atoms with Gasteiger partial charge in [0.05, 0.1) is 0 Å². The van der Waals surface area contributed by atoms with Crippen molar-refractivity contribution in [3.8, 4) is 12.3 Å². The van der Waals surface area contributed by atoms with Crippen molar-refractivity contribution in [2.45, 2.75) is 32.4 Å². The van der Waals surface area contributed by atoms with Gasteiger partial charge in [-0.25, -0.2) is 4.79 Å². The van der Waals surface area contributed by atoms with Crippen LogP contribution in [-0.4, -0.2) is 18.0 Å². The van der Waals surface area contributed by atoms with Crippen LogP contribution in [0.5, 0.6) is 0 Å². The van der Waals surface area contributed by atoms with Gasteiger partial charge in [0.25, 0.3) is 0 Å². The third-order valence-corrected chi connectivity index (χ3v) is 2.24. The fraction of sp³-hybridized carbons (Fsp3) is 0.333. The number of benzene rings is 1. The zero-order chi connectivity index (χ0) is 14.5. The monoisotopic (exact) mass is 259 g/mol. The molecule has 0 aliphatic heterocycles. The first-order valence-corrected chi connectivity index (χ1v) is 5.87. The van der Waals surface area contributed by atoms with Crippen LogP contribution in [0.15, 0.2) is 24.3 Å². The molecule has 0 saturated carbocycles. The standard InChI is InChI=1S/C15H17NO3/c1-5-11-6-8-12(9-7-11)13(10-17)16-14(18)19-15(2,3)4/h1,6-10,13H,2-4H3,(H,16,18). The number of amides is 1. The predicted molar refractivity (Wildman–Crippen MR) is 72.6 cm³/mol. The van der Waals surface area contributed by atoms with Gasteiger partial charge in [0, 0.05) is 5.56 Å². The van der Waals surface area contributed by atoms with E-state index in [-0.39, 0.29) is 0 Å². The fourth-order valence-electron chi connectivity index (χ4n) is 1.42. The van der Waals surface area contributed by atoms with Gasteiger partial charge in [-0.15, -0.1) is 6.42 Å². The molecule has 100 valence electrons. The maximum atomic E-state index is 11.6. The van der Waals surface area contributed by atoms with Gasteiger partial charge in [0.2, 0.25) is 0 Å². The fourth-order valence-corrected chi connectivity index (χ4v) is 1.42. The number of hydrogen-bond acceptors (Lipinski definition) is 3. The Balaban J connectivity index is 2.75. The van der Waals surface area contributed by atoms with Gasteiger partial charge in [0.1, 0.15) is 17.9 Å². The second-order valence-electron chi connectivity index (χ2n) is 5.03. The van der Waals surface area contributed by atoms with Crippen LogP contribution in [0.1, 0.15) is 37.9 Å². The molecule has 0 aliphatic rings. The first-order valence-electron chi connectivity index (χ1n) is 5.87. The molecule has 0 radical (unpaired) electrons. The molecule has 0 heterocycles. The number of nitrogens with one attached hydrogen (secondary N) is 1. The number of aldehydes is 1. The molecule has 4 heteroatoms. The maximum absolute atomic E-state index is 11.6. The van der Waals surface area contributed by atoms with Gasteiger partial charge in [-0.3, -0.25) is 0 Å². The van der Waals surface area contributed by atoms with Crippen LogP contribution in [0.3, 0.4) is 0 Å². The average Bonchev–Trinajstić information content (AvgIpc) is 2.34. The third kappa shape index (κ3) is 4.84. The zero-order valence-corrected chi connectivity index (χ0v) is 11.3. The minimum absolute atomic E-state index is 0.606. The zero-order valence-electron chi connectivity index (χ0n) is 11.3. The van der Waals surface area contributed by atoms with E-state index in [1.54, 1.807) is 45.0 Å². The quantitative estimate of drug-likeness (QED) is 0.670. The van der Waals surface area contributed by atoms with Crippen molar-refractivity contribution < 1.29 is 14.3 Å². The molecule has 1 N–H and O–H groups in total. The molecule has 0 fully saturated rings. The lowest BCUT2D eigenvalue weighted by molar-refractivity contribution is -0.109. The molecule has 4 nitrogen and oxygen atoms in total. The van der Waals surface area contributed by atoms with Crippen LogP contribution < -0.4 is 5.32 Å². The SMILES string of the molecule is C#Cc1ccc(C(C=O)NC(=O)OC(C)(C)C)cc1. The molecule has 19 heavy (non-hydrogen) atoms. The lowest BCUT2D eigenvalue weighted by Crippen LogP contribution is -2.35. The highest BCUT2D eigenvalue weighted by Crippen LogP contribution is 2.13. The summed E-state index contributed by atoms with van der Waals surface area (Å²) in [4.78, 5) is 22.7. The van der Waals surface area contributed by atoms with Crippen LogP contribution in [0.25, 0.3) is 0 Å². The van der Waals surface area contributed by atoms with Crippen molar-refractivity contribution in [1.82, 2.24) is 5.32 Å². The Morgan fingerprint density at radius 3 is 2.37 bits per heavy atom. The van der Waals surface area contributed by atoms with Crippen molar-refractivity contribution in [3.63, 3.8) is 0 Å². The van der Waals surface area contributed by atoms with E-state index >= 15 is 0 Å². The summed E-state index contributed by atoms with van der Waals surface area (Å²) in [6.45, 7) is 5.26. The van der Waals surface area contributed by atoms with Crippen LogP contribution >= 0.6 is 0 Å². The maximum Gasteiger partial charge on any atom is 0.408 e. The summed E-state index contributed by atoms with van der Waals surface area (Å²) in [5.41, 5.74) is 0.760. The summed E-state index contributed by atoms with van der Waals surface area (Å²) >= 11 is 0. The number of rotatable bonds is 3. The van der Waals surface area contributed by atoms with Crippen molar-refractivity contribution in [2.75, 3.05) is 0 Å². The van der Waals surface area contributed by atoms with E-state index in [4.69, 9.17) is 11.2 Å². The number of terminal acetylenes is 1. The Labute approximate surface area is 113 Å². The Morgan fingerprint density at radius 1 is 1.37 bits per heavy atom. The second-order valence-corrected chi connectivity index (χ2v) is 5.03. The van der Waals surface area contributed by atoms with E-state index in [0.717, 1.165) is 0 Å². The molecular weight excluding hydrogens is 242 g/mol. The molecule has 1 aromatic carbocycles. The molecule has 0 aromatic heterocycles. The Bertz CT molecular complexity index is 492. The molecule has 1 unspecified atom stereocenters. The first kappa shape index (κ1) is 14.8. The molecule has 1 amide bonds. The van der Waals surface area contributed by atoms with Gasteiger partial charge in [-0.1, -0.05) is 18.1 Å². The molecule has 1 rings (SSSR count). The number of alkyl carbamates (subject to hydrolysis) is 1. The molecule has 1 aromatic rings. The van der Waals surface area contributed by atoms with E-state index in [9.17, 15) is 9.59 Å². The first-order chi connectivity index (χ1) is 8.85. The number of ether oxygens (including phenoxy) is 1. The number of hydrogen-bond donors (Lipinski definition) is 1. The highest BCUT2D eigenvalue weighted by Gasteiger charge is 2.20. The number of carbonyl (C=O) groups is 2. The lowest BCUT2D eigenvalue weighted by Gasteiger charge is -2.21. The van der Waals surface area contributed by atoms with Crippen LogP contribution in [0, 0.1) is 12.3 Å². The summed E-state index contributed by atoms with van der Waals surface area (Å²) in [6.07, 6.45) is 5.26. The highest BCUT2D eigenvalue weighted by molar-refractivity contribution is 5.74. The second kappa shape index (κ2) is 6.05. The van der Waals surface area contributed by atoms with E-state index in [1.807, 2.05) is 0 Å². The summed E-state index contributed by atoms with van der Waals surface area (Å²) in [7, 11) is 0. The van der Waals surface area contributed by atoms with Gasteiger partial charge < -0.3 is 14.8 Å². The molecule has 0 spiro atoms. The predicted octanol–water partition coefficient (Wildman–Crippen LogP) is 2.43. The molecule has 0 aliphatic carbocycles. The van der Waals surface area contributed by atoms with Gasteiger partial charge in [-0.2, -0.15) is 0 Å². The minimum Gasteiger partial charge on any atom is -0.444 e. The summed E-state index contributed by atoms with van der Waals surface area (Å²) in [5.74, 6) is 2.48. The molecular formula is C15H17NO3. The third-order valence-electron chi connectivity index (χ3n) is 2.24. The summed E-state index contributed by atoms with van der Waals surface area (Å²) in [6, 6.07) is 6.07. The Kier molecular flexibility index (Phi) is 4.71. The van der Waals surface area contributed by atoms with Crippen LogP contribution in [-0.2, 0) is 9.53 Å². The van der Waals surface area contributed by atoms with Crippen molar-refractivity contribution in [3.05, 3.63) is 35.4 Å². The molecule has 0 bridgehead atoms. The van der Waals surface area contributed by atoms with Crippen LogP contribution in [0.2, 0.25) is 0 Å². The summed E-state index contributed by atoms with van der Waals surface area (Å²) in [5, 5.41) is 2.50.